The van der Waals surface area contributed by atoms with Crippen LogP contribution in [0, 0.1) is 6.92 Å². The van der Waals surface area contributed by atoms with E-state index in [1.807, 2.05) is 79.7 Å². The van der Waals surface area contributed by atoms with Gasteiger partial charge in [0.15, 0.2) is 18.1 Å². The van der Waals surface area contributed by atoms with Gasteiger partial charge in [-0.05, 0) is 36.8 Å². The van der Waals surface area contributed by atoms with Crippen LogP contribution < -0.4 is 4.74 Å². The number of furan rings is 1. The lowest BCUT2D eigenvalue weighted by Crippen LogP contribution is -2.15. The van der Waals surface area contributed by atoms with Gasteiger partial charge >= 0.3 is 0 Å². The highest BCUT2D eigenvalue weighted by molar-refractivity contribution is 5.78. The molecule has 0 amide bonds. The SMILES string of the molecule is Cc1nn(-c2ccccc2)c2c1C(c1ccco1)c1c(ncn3nc(CO/N=C\c4ccccc4)nc13)O2. The topological polar surface area (TPSA) is 105 Å². The summed E-state index contributed by atoms with van der Waals surface area (Å²) in [7, 11) is 0. The number of oxime groups is 1. The molecule has 1 aliphatic heterocycles. The minimum Gasteiger partial charge on any atom is -0.468 e. The summed E-state index contributed by atoms with van der Waals surface area (Å²) < 4.78 is 15.7. The van der Waals surface area contributed by atoms with Crippen molar-refractivity contribution >= 4 is 11.9 Å². The molecule has 10 heteroatoms. The first kappa shape index (κ1) is 22.0. The highest BCUT2D eigenvalue weighted by atomic mass is 16.6. The van der Waals surface area contributed by atoms with Crippen LogP contribution in [0.4, 0.5) is 0 Å². The Labute approximate surface area is 216 Å². The van der Waals surface area contributed by atoms with Crippen molar-refractivity contribution in [3.8, 4) is 17.4 Å². The Hall–Kier alpha value is -5.25. The van der Waals surface area contributed by atoms with E-state index in [9.17, 15) is 0 Å². The molecule has 6 aromatic rings. The largest absolute Gasteiger partial charge is 0.468 e. The van der Waals surface area contributed by atoms with Crippen molar-refractivity contribution < 1.29 is 14.0 Å². The smallest absolute Gasteiger partial charge is 0.230 e. The molecule has 0 aliphatic carbocycles. The van der Waals surface area contributed by atoms with Crippen LogP contribution in [0.1, 0.15) is 39.9 Å². The summed E-state index contributed by atoms with van der Waals surface area (Å²) in [5.74, 6) is 1.87. The monoisotopic (exact) mass is 503 g/mol. The van der Waals surface area contributed by atoms with Crippen LogP contribution in [0.2, 0.25) is 0 Å². The lowest BCUT2D eigenvalue weighted by atomic mass is 9.88. The molecule has 0 radical (unpaired) electrons. The van der Waals surface area contributed by atoms with Gasteiger partial charge in [-0.15, -0.1) is 5.10 Å². The molecule has 38 heavy (non-hydrogen) atoms. The molecule has 10 nitrogen and oxygen atoms in total. The van der Waals surface area contributed by atoms with Crippen LogP contribution in [0.5, 0.6) is 11.8 Å². The highest BCUT2D eigenvalue weighted by Crippen LogP contribution is 2.49. The minimum atomic E-state index is -0.341. The fraction of sp³-hybridized carbons (Fsp3) is 0.107. The summed E-state index contributed by atoms with van der Waals surface area (Å²) in [6, 6.07) is 23.4. The molecule has 1 unspecified atom stereocenters. The first-order valence-electron chi connectivity index (χ1n) is 12.1. The second-order valence-electron chi connectivity index (χ2n) is 8.78. The van der Waals surface area contributed by atoms with Gasteiger partial charge in [0.25, 0.3) is 0 Å². The molecule has 7 rings (SSSR count). The Morgan fingerprint density at radius 2 is 1.79 bits per heavy atom. The summed E-state index contributed by atoms with van der Waals surface area (Å²) in [6.45, 7) is 2.06. The van der Waals surface area contributed by atoms with Gasteiger partial charge in [0.05, 0.1) is 40.9 Å². The van der Waals surface area contributed by atoms with E-state index in [4.69, 9.17) is 24.1 Å². The third-order valence-electron chi connectivity index (χ3n) is 6.36. The van der Waals surface area contributed by atoms with E-state index in [2.05, 4.69) is 15.2 Å². The molecular formula is C28H21N7O3. The molecule has 0 spiro atoms. The Kier molecular flexibility index (Phi) is 5.21. The number of benzene rings is 2. The molecular weight excluding hydrogens is 482 g/mol. The van der Waals surface area contributed by atoms with E-state index in [0.29, 0.717) is 23.2 Å². The van der Waals surface area contributed by atoms with Gasteiger partial charge in [-0.2, -0.15) is 5.10 Å². The van der Waals surface area contributed by atoms with Gasteiger partial charge in [-0.1, -0.05) is 53.7 Å². The van der Waals surface area contributed by atoms with E-state index < -0.39 is 0 Å². The Morgan fingerprint density at radius 1 is 0.974 bits per heavy atom. The van der Waals surface area contributed by atoms with E-state index in [0.717, 1.165) is 33.8 Å². The molecule has 2 aromatic carbocycles. The van der Waals surface area contributed by atoms with Crippen molar-refractivity contribution in [2.45, 2.75) is 19.4 Å². The molecule has 0 N–H and O–H groups in total. The van der Waals surface area contributed by atoms with Crippen LogP contribution in [0.25, 0.3) is 11.3 Å². The molecule has 1 atom stereocenters. The van der Waals surface area contributed by atoms with Gasteiger partial charge in [-0.3, -0.25) is 0 Å². The Balaban J connectivity index is 1.29. The molecule has 0 fully saturated rings. The summed E-state index contributed by atoms with van der Waals surface area (Å²) in [5.41, 5.74) is 4.87. The van der Waals surface area contributed by atoms with Crippen LogP contribution in [0.3, 0.4) is 0 Å². The van der Waals surface area contributed by atoms with Crippen molar-refractivity contribution in [2.75, 3.05) is 0 Å². The van der Waals surface area contributed by atoms with E-state index in [1.165, 1.54) is 0 Å². The van der Waals surface area contributed by atoms with Gasteiger partial charge < -0.3 is 14.0 Å². The standard InChI is InChI=1S/C28H21N7O3/c1-18-23-24(21-13-8-14-36-21)25-26-31-22(16-37-30-15-19-9-4-2-5-10-19)33-34(26)17-29-27(25)38-28(23)35(32-18)20-11-6-3-7-12-20/h2-15,17,24H,16H2,1H3/b30-15-. The molecule has 0 saturated heterocycles. The third-order valence-corrected chi connectivity index (χ3v) is 6.36. The van der Waals surface area contributed by atoms with Crippen molar-refractivity contribution in [1.82, 2.24) is 29.4 Å². The van der Waals surface area contributed by atoms with Crippen LogP contribution in [-0.2, 0) is 11.4 Å². The first-order valence-corrected chi connectivity index (χ1v) is 12.1. The lowest BCUT2D eigenvalue weighted by Gasteiger charge is -2.24. The number of ether oxygens (including phenoxy) is 1. The summed E-state index contributed by atoms with van der Waals surface area (Å²) in [4.78, 5) is 14.8. The van der Waals surface area contributed by atoms with Crippen molar-refractivity contribution in [2.24, 2.45) is 5.16 Å². The number of aromatic nitrogens is 6. The van der Waals surface area contributed by atoms with E-state index in [1.54, 1.807) is 28.0 Å². The number of para-hydroxylation sites is 1. The van der Waals surface area contributed by atoms with E-state index in [-0.39, 0.29) is 12.5 Å². The summed E-state index contributed by atoms with van der Waals surface area (Å²) in [6.07, 6.45) is 4.88. The maximum absolute atomic E-state index is 6.39. The zero-order chi connectivity index (χ0) is 25.5. The number of aryl methyl sites for hydroxylation is 1. The van der Waals surface area contributed by atoms with Crippen molar-refractivity contribution in [1.29, 1.82) is 0 Å². The highest BCUT2D eigenvalue weighted by Gasteiger charge is 2.39. The van der Waals surface area contributed by atoms with Crippen LogP contribution in [-0.4, -0.2) is 35.6 Å². The fourth-order valence-electron chi connectivity index (χ4n) is 4.70. The summed E-state index contributed by atoms with van der Waals surface area (Å²) in [5, 5.41) is 13.4. The third kappa shape index (κ3) is 3.70. The first-order chi connectivity index (χ1) is 18.8. The zero-order valence-electron chi connectivity index (χ0n) is 20.3. The molecule has 4 aromatic heterocycles. The minimum absolute atomic E-state index is 0.0995. The fourth-order valence-corrected chi connectivity index (χ4v) is 4.70. The van der Waals surface area contributed by atoms with Gasteiger partial charge in [0, 0.05) is 0 Å². The maximum atomic E-state index is 6.39. The second-order valence-corrected chi connectivity index (χ2v) is 8.78. The van der Waals surface area contributed by atoms with Gasteiger partial charge in [0.2, 0.25) is 11.8 Å². The number of nitrogens with zero attached hydrogens (tertiary/aromatic N) is 7. The Morgan fingerprint density at radius 3 is 2.58 bits per heavy atom. The second kappa shape index (κ2) is 9.00. The lowest BCUT2D eigenvalue weighted by molar-refractivity contribution is 0.126. The van der Waals surface area contributed by atoms with Gasteiger partial charge in [0.1, 0.15) is 12.1 Å². The summed E-state index contributed by atoms with van der Waals surface area (Å²) >= 11 is 0. The zero-order valence-corrected chi connectivity index (χ0v) is 20.3. The normalized spacial score (nSPS) is 14.4. The number of hydrogen-bond donors (Lipinski definition) is 0. The molecule has 1 aliphatic rings. The van der Waals surface area contributed by atoms with Crippen molar-refractivity contribution in [3.05, 3.63) is 119 Å². The molecule has 5 heterocycles. The number of rotatable bonds is 6. The number of fused-ring (bicyclic) bond motifs is 4. The maximum Gasteiger partial charge on any atom is 0.230 e. The van der Waals surface area contributed by atoms with E-state index >= 15 is 0 Å². The average Bonchev–Trinajstić information content (AvgIpc) is 3.70. The Bertz CT molecular complexity index is 1760. The van der Waals surface area contributed by atoms with Gasteiger partial charge in [-0.25, -0.2) is 19.2 Å². The predicted molar refractivity (Wildman–Crippen MR) is 138 cm³/mol. The average molecular weight is 504 g/mol. The van der Waals surface area contributed by atoms with Crippen molar-refractivity contribution in [3.63, 3.8) is 0 Å². The van der Waals surface area contributed by atoms with Crippen LogP contribution >= 0.6 is 0 Å². The molecule has 0 saturated carbocycles. The predicted octanol–water partition coefficient (Wildman–Crippen LogP) is 5.05. The quantitative estimate of drug-likeness (QED) is 0.231. The molecule has 0 bridgehead atoms. The van der Waals surface area contributed by atoms with Crippen LogP contribution in [0.15, 0.2) is 95.0 Å². The molecule has 186 valence electrons. The number of hydrogen-bond acceptors (Lipinski definition) is 8.